The number of hydrogen-bond acceptors (Lipinski definition) is 6. The van der Waals surface area contributed by atoms with Gasteiger partial charge in [-0.3, -0.25) is 9.78 Å². The summed E-state index contributed by atoms with van der Waals surface area (Å²) in [5, 5.41) is 2.33. The minimum Gasteiger partial charge on any atom is -0.383 e. The van der Waals surface area contributed by atoms with E-state index in [1.165, 1.54) is 4.31 Å². The summed E-state index contributed by atoms with van der Waals surface area (Å²) < 4.78 is 26.8. The zero-order valence-electron chi connectivity index (χ0n) is 16.1. The first-order chi connectivity index (χ1) is 13.3. The summed E-state index contributed by atoms with van der Waals surface area (Å²) in [5.74, 6) is -0.212. The zero-order valence-corrected chi connectivity index (χ0v) is 16.9. The molecule has 3 heterocycles. The fraction of sp³-hybridized carbons (Fsp3) is 0.421. The molecular weight excluding hydrogens is 378 g/mol. The highest BCUT2D eigenvalue weighted by Crippen LogP contribution is 2.25. The number of fused-ring (bicyclic) bond motifs is 1. The fourth-order valence-electron chi connectivity index (χ4n) is 3.09. The van der Waals surface area contributed by atoms with Gasteiger partial charge in [0.15, 0.2) is 0 Å². The van der Waals surface area contributed by atoms with Gasteiger partial charge in [-0.15, -0.1) is 0 Å². The molecule has 3 rings (SSSR count). The van der Waals surface area contributed by atoms with E-state index in [9.17, 15) is 13.2 Å². The van der Waals surface area contributed by atoms with Crippen molar-refractivity contribution in [2.75, 3.05) is 12.3 Å². The van der Waals surface area contributed by atoms with Gasteiger partial charge in [0, 0.05) is 31.4 Å². The van der Waals surface area contributed by atoms with Crippen LogP contribution in [0.1, 0.15) is 47.6 Å². The van der Waals surface area contributed by atoms with Crippen molar-refractivity contribution in [3.05, 3.63) is 53.0 Å². The van der Waals surface area contributed by atoms with Gasteiger partial charge in [0.1, 0.15) is 5.82 Å². The summed E-state index contributed by atoms with van der Waals surface area (Å²) in [6, 6.07) is 7.11. The minimum atomic E-state index is -3.38. The number of nitrogen functional groups attached to an aromatic ring is 1. The molecule has 1 aliphatic heterocycles. The molecule has 1 aliphatic rings. The Morgan fingerprint density at radius 2 is 2.18 bits per heavy atom. The highest BCUT2D eigenvalue weighted by molar-refractivity contribution is 7.89. The van der Waals surface area contributed by atoms with Crippen LogP contribution in [-0.4, -0.2) is 40.4 Å². The number of nitrogens with one attached hydrogen (secondary N) is 1. The average molecular weight is 404 g/mol. The number of nitrogens with two attached hydrogens (primary N) is 1. The first-order valence-electron chi connectivity index (χ1n) is 9.28. The summed E-state index contributed by atoms with van der Waals surface area (Å²) in [5.41, 5.74) is 8.42. The second kappa shape index (κ2) is 8.24. The molecule has 0 spiro atoms. The number of rotatable bonds is 6. The molecule has 0 unspecified atom stereocenters. The predicted molar refractivity (Wildman–Crippen MR) is 107 cm³/mol. The predicted octanol–water partition coefficient (Wildman–Crippen LogP) is 1.48. The smallest absolute Gasteiger partial charge is 0.255 e. The standard InChI is InChI=1S/C19H25N5O3S/c1-3-13(2)28(26,27)24-9-7-17-14(12-24)10-16(18(20)23-17)19(25)22-11-15-6-4-5-8-21-15/h4-6,8,10,13H,3,7,9,11-12H2,1-2H3,(H2,20,23)(H,22,25)/t13-/m1/s1. The van der Waals surface area contributed by atoms with Crippen LogP contribution < -0.4 is 11.1 Å². The van der Waals surface area contributed by atoms with E-state index < -0.39 is 15.3 Å². The normalized spacial score (nSPS) is 15.6. The molecule has 1 atom stereocenters. The summed E-state index contributed by atoms with van der Waals surface area (Å²) in [4.78, 5) is 21.1. The van der Waals surface area contributed by atoms with E-state index in [0.717, 1.165) is 17.0 Å². The van der Waals surface area contributed by atoms with Gasteiger partial charge in [0.05, 0.1) is 23.1 Å². The number of nitrogens with zero attached hydrogens (tertiary/aromatic N) is 3. The van der Waals surface area contributed by atoms with E-state index >= 15 is 0 Å². The average Bonchev–Trinajstić information content (AvgIpc) is 2.71. The van der Waals surface area contributed by atoms with E-state index in [1.807, 2.05) is 19.1 Å². The largest absolute Gasteiger partial charge is 0.383 e. The van der Waals surface area contributed by atoms with Crippen LogP contribution in [0.2, 0.25) is 0 Å². The van der Waals surface area contributed by atoms with Gasteiger partial charge in [-0.05, 0) is 37.1 Å². The monoisotopic (exact) mass is 403 g/mol. The van der Waals surface area contributed by atoms with Crippen molar-refractivity contribution in [3.63, 3.8) is 0 Å². The first-order valence-corrected chi connectivity index (χ1v) is 10.8. The lowest BCUT2D eigenvalue weighted by Crippen LogP contribution is -2.41. The summed E-state index contributed by atoms with van der Waals surface area (Å²) >= 11 is 0. The summed E-state index contributed by atoms with van der Waals surface area (Å²) in [6.07, 6.45) is 2.68. The zero-order chi connectivity index (χ0) is 20.3. The Balaban J connectivity index is 1.79. The molecule has 9 heteroatoms. The highest BCUT2D eigenvalue weighted by Gasteiger charge is 2.31. The lowest BCUT2D eigenvalue weighted by Gasteiger charge is -2.30. The van der Waals surface area contributed by atoms with Crippen LogP contribution >= 0.6 is 0 Å². The first kappa shape index (κ1) is 20.2. The van der Waals surface area contributed by atoms with Gasteiger partial charge in [0.25, 0.3) is 5.91 Å². The molecule has 2 aromatic heterocycles. The van der Waals surface area contributed by atoms with Crippen molar-refractivity contribution in [2.24, 2.45) is 0 Å². The molecule has 0 fully saturated rings. The van der Waals surface area contributed by atoms with Crippen LogP contribution in [0.15, 0.2) is 30.5 Å². The van der Waals surface area contributed by atoms with E-state index in [0.29, 0.717) is 19.4 Å². The quantitative estimate of drug-likeness (QED) is 0.754. The number of carbonyl (C=O) groups is 1. The van der Waals surface area contributed by atoms with Gasteiger partial charge >= 0.3 is 0 Å². The Bertz CT molecular complexity index is 963. The maximum Gasteiger partial charge on any atom is 0.255 e. The Morgan fingerprint density at radius 1 is 1.39 bits per heavy atom. The van der Waals surface area contributed by atoms with Gasteiger partial charge in [-0.25, -0.2) is 13.4 Å². The number of hydrogen-bond donors (Lipinski definition) is 2. The maximum atomic E-state index is 12.7. The topological polar surface area (TPSA) is 118 Å². The third-order valence-corrected chi connectivity index (χ3v) is 7.39. The maximum absolute atomic E-state index is 12.7. The molecule has 0 aromatic carbocycles. The lowest BCUT2D eigenvalue weighted by molar-refractivity contribution is 0.0951. The number of pyridine rings is 2. The molecule has 0 saturated carbocycles. The van der Waals surface area contributed by atoms with Crippen molar-refractivity contribution in [3.8, 4) is 0 Å². The van der Waals surface area contributed by atoms with Crippen LogP contribution in [0.4, 0.5) is 5.82 Å². The van der Waals surface area contributed by atoms with Crippen LogP contribution in [-0.2, 0) is 29.5 Å². The molecule has 3 N–H and O–H groups in total. The van der Waals surface area contributed by atoms with Crippen LogP contribution in [0.25, 0.3) is 0 Å². The molecule has 150 valence electrons. The van der Waals surface area contributed by atoms with Crippen molar-refractivity contribution in [1.29, 1.82) is 0 Å². The number of aromatic nitrogens is 2. The summed E-state index contributed by atoms with van der Waals surface area (Å²) in [6.45, 7) is 4.41. The molecule has 8 nitrogen and oxygen atoms in total. The number of anilines is 1. The Hall–Kier alpha value is -2.52. The van der Waals surface area contributed by atoms with Crippen LogP contribution in [0.5, 0.6) is 0 Å². The van der Waals surface area contributed by atoms with Gasteiger partial charge in [-0.2, -0.15) is 4.31 Å². The summed E-state index contributed by atoms with van der Waals surface area (Å²) in [7, 11) is -3.38. The SMILES string of the molecule is CC[C@@H](C)S(=O)(=O)N1CCc2nc(N)c(C(=O)NCc3ccccn3)cc2C1. The van der Waals surface area contributed by atoms with Crippen molar-refractivity contribution in [1.82, 2.24) is 19.6 Å². The second-order valence-corrected chi connectivity index (χ2v) is 9.23. The molecule has 28 heavy (non-hydrogen) atoms. The van der Waals surface area contributed by atoms with Crippen LogP contribution in [0, 0.1) is 0 Å². The van der Waals surface area contributed by atoms with E-state index in [2.05, 4.69) is 15.3 Å². The van der Waals surface area contributed by atoms with E-state index in [-0.39, 0.29) is 30.4 Å². The Kier molecular flexibility index (Phi) is 5.95. The number of carbonyl (C=O) groups excluding carboxylic acids is 1. The third-order valence-electron chi connectivity index (χ3n) is 5.01. The fourth-order valence-corrected chi connectivity index (χ4v) is 4.69. The van der Waals surface area contributed by atoms with Crippen molar-refractivity contribution in [2.45, 2.75) is 45.0 Å². The molecule has 1 amide bonds. The van der Waals surface area contributed by atoms with Gasteiger partial charge in [0.2, 0.25) is 10.0 Å². The van der Waals surface area contributed by atoms with Crippen molar-refractivity contribution < 1.29 is 13.2 Å². The minimum absolute atomic E-state index is 0.149. The molecule has 0 saturated heterocycles. The Morgan fingerprint density at radius 3 is 2.86 bits per heavy atom. The second-order valence-electron chi connectivity index (χ2n) is 6.88. The molecule has 0 aliphatic carbocycles. The third kappa shape index (κ3) is 4.15. The molecule has 0 bridgehead atoms. The number of sulfonamides is 1. The van der Waals surface area contributed by atoms with E-state index in [4.69, 9.17) is 5.73 Å². The lowest BCUT2D eigenvalue weighted by atomic mass is 10.0. The van der Waals surface area contributed by atoms with Crippen molar-refractivity contribution >= 4 is 21.7 Å². The molecular formula is C19H25N5O3S. The Labute approximate surface area is 165 Å². The molecule has 0 radical (unpaired) electrons. The van der Waals surface area contributed by atoms with Gasteiger partial charge in [-0.1, -0.05) is 13.0 Å². The highest BCUT2D eigenvalue weighted by atomic mass is 32.2. The van der Waals surface area contributed by atoms with E-state index in [1.54, 1.807) is 25.3 Å². The molecule has 2 aromatic rings. The van der Waals surface area contributed by atoms with Gasteiger partial charge < -0.3 is 11.1 Å². The number of amides is 1. The van der Waals surface area contributed by atoms with Crippen LogP contribution in [0.3, 0.4) is 0 Å².